The summed E-state index contributed by atoms with van der Waals surface area (Å²) in [5.74, 6) is 0.790. The third kappa shape index (κ3) is 3.86. The number of nitrogens with one attached hydrogen (secondary N) is 1. The summed E-state index contributed by atoms with van der Waals surface area (Å²) in [6, 6.07) is 11.1. The number of nitrogens with zero attached hydrogens (tertiary/aromatic N) is 1. The molecule has 0 fully saturated rings. The minimum atomic E-state index is -0.580. The van der Waals surface area contributed by atoms with Crippen LogP contribution in [0.5, 0.6) is 5.75 Å². The van der Waals surface area contributed by atoms with Crippen molar-refractivity contribution in [1.29, 1.82) is 0 Å². The van der Waals surface area contributed by atoms with Crippen molar-refractivity contribution in [2.45, 2.75) is 33.8 Å². The van der Waals surface area contributed by atoms with Crippen LogP contribution in [0, 0.1) is 13.8 Å². The molecule has 0 heterocycles. The molecule has 5 nitrogen and oxygen atoms in total. The predicted octanol–water partition coefficient (Wildman–Crippen LogP) is 3.98. The first-order chi connectivity index (χ1) is 11.5. The van der Waals surface area contributed by atoms with Gasteiger partial charge in [0.15, 0.2) is 0 Å². The lowest BCUT2D eigenvalue weighted by atomic mass is 10.0. The summed E-state index contributed by atoms with van der Waals surface area (Å²) in [5, 5.41) is 13.3. The first-order valence-corrected chi connectivity index (χ1v) is 7.99. The number of hydrogen-bond donors (Lipinski definition) is 2. The SMILES string of the molecule is CCc1cccc(COc2ccc(C)cc2C)c1N(O)C(=O)NC. The van der Waals surface area contributed by atoms with E-state index in [1.807, 2.05) is 51.1 Å². The molecule has 24 heavy (non-hydrogen) atoms. The number of benzene rings is 2. The lowest BCUT2D eigenvalue weighted by Gasteiger charge is -2.21. The van der Waals surface area contributed by atoms with Gasteiger partial charge in [-0.25, -0.2) is 4.79 Å². The van der Waals surface area contributed by atoms with E-state index in [1.165, 1.54) is 12.6 Å². The Kier molecular flexibility index (Phi) is 5.82. The molecule has 0 atom stereocenters. The van der Waals surface area contributed by atoms with Gasteiger partial charge in [-0.15, -0.1) is 0 Å². The van der Waals surface area contributed by atoms with Crippen molar-refractivity contribution in [1.82, 2.24) is 5.32 Å². The number of carbonyl (C=O) groups excluding carboxylic acids is 1. The average molecular weight is 328 g/mol. The van der Waals surface area contributed by atoms with Gasteiger partial charge < -0.3 is 10.1 Å². The Morgan fingerprint density at radius 2 is 1.92 bits per heavy atom. The number of hydroxylamine groups is 1. The lowest BCUT2D eigenvalue weighted by molar-refractivity contribution is 0.205. The highest BCUT2D eigenvalue weighted by atomic mass is 16.5. The van der Waals surface area contributed by atoms with E-state index >= 15 is 0 Å². The summed E-state index contributed by atoms with van der Waals surface area (Å²) < 4.78 is 5.91. The molecule has 0 saturated heterocycles. The van der Waals surface area contributed by atoms with E-state index in [0.717, 1.165) is 22.4 Å². The van der Waals surface area contributed by atoms with Gasteiger partial charge in [0.2, 0.25) is 0 Å². The van der Waals surface area contributed by atoms with Crippen molar-refractivity contribution in [2.24, 2.45) is 0 Å². The molecule has 0 aliphatic heterocycles. The number of rotatable bonds is 5. The molecule has 0 saturated carbocycles. The minimum absolute atomic E-state index is 0.265. The van der Waals surface area contributed by atoms with E-state index in [2.05, 4.69) is 11.4 Å². The summed E-state index contributed by atoms with van der Waals surface area (Å²) >= 11 is 0. The number of hydrogen-bond acceptors (Lipinski definition) is 3. The maximum atomic E-state index is 11.8. The van der Waals surface area contributed by atoms with E-state index in [4.69, 9.17) is 4.74 Å². The van der Waals surface area contributed by atoms with Crippen molar-refractivity contribution in [3.63, 3.8) is 0 Å². The van der Waals surface area contributed by atoms with Crippen molar-refractivity contribution in [2.75, 3.05) is 12.1 Å². The van der Waals surface area contributed by atoms with Crippen LogP contribution in [0.4, 0.5) is 10.5 Å². The third-order valence-electron chi connectivity index (χ3n) is 3.92. The molecule has 2 aromatic carbocycles. The van der Waals surface area contributed by atoms with Crippen molar-refractivity contribution in [3.8, 4) is 5.75 Å². The largest absolute Gasteiger partial charge is 0.489 e. The van der Waals surface area contributed by atoms with Crippen LogP contribution in [0.2, 0.25) is 0 Å². The fraction of sp³-hybridized carbons (Fsp3) is 0.316. The second-order valence-electron chi connectivity index (χ2n) is 5.70. The number of anilines is 1. The van der Waals surface area contributed by atoms with Crippen molar-refractivity contribution in [3.05, 3.63) is 58.7 Å². The van der Waals surface area contributed by atoms with Crippen LogP contribution >= 0.6 is 0 Å². The number of aryl methyl sites for hydroxylation is 3. The van der Waals surface area contributed by atoms with Crippen LogP contribution in [0.1, 0.15) is 29.2 Å². The smallest absolute Gasteiger partial charge is 0.345 e. The molecule has 0 spiro atoms. The van der Waals surface area contributed by atoms with E-state index in [1.54, 1.807) is 0 Å². The van der Waals surface area contributed by atoms with Crippen LogP contribution < -0.4 is 15.1 Å². The summed E-state index contributed by atoms with van der Waals surface area (Å²) in [5.41, 5.74) is 4.33. The van der Waals surface area contributed by atoms with Crippen molar-refractivity contribution >= 4 is 11.7 Å². The third-order valence-corrected chi connectivity index (χ3v) is 3.92. The Bertz CT molecular complexity index is 729. The highest BCUT2D eigenvalue weighted by Gasteiger charge is 2.19. The quantitative estimate of drug-likeness (QED) is 0.644. The lowest BCUT2D eigenvalue weighted by Crippen LogP contribution is -2.36. The monoisotopic (exact) mass is 328 g/mol. The molecule has 0 radical (unpaired) electrons. The highest BCUT2D eigenvalue weighted by Crippen LogP contribution is 2.28. The summed E-state index contributed by atoms with van der Waals surface area (Å²) in [6.07, 6.45) is 0.695. The van der Waals surface area contributed by atoms with Crippen LogP contribution in [0.25, 0.3) is 0 Å². The maximum absolute atomic E-state index is 11.8. The van der Waals surface area contributed by atoms with E-state index < -0.39 is 6.03 Å². The standard InChI is InChI=1S/C19H24N2O3/c1-5-15-7-6-8-16(18(15)21(23)19(22)20-4)12-24-17-10-9-13(2)11-14(17)3/h6-11,23H,5,12H2,1-4H3,(H,20,22). The normalized spacial score (nSPS) is 10.4. The molecule has 2 N–H and O–H groups in total. The highest BCUT2D eigenvalue weighted by molar-refractivity contribution is 5.91. The topological polar surface area (TPSA) is 61.8 Å². The van der Waals surface area contributed by atoms with E-state index in [-0.39, 0.29) is 6.61 Å². The second-order valence-corrected chi connectivity index (χ2v) is 5.70. The van der Waals surface area contributed by atoms with E-state index in [9.17, 15) is 10.0 Å². The van der Waals surface area contributed by atoms with Gasteiger partial charge in [-0.3, -0.25) is 5.21 Å². The van der Waals surface area contributed by atoms with Crippen LogP contribution in [0.15, 0.2) is 36.4 Å². The molecule has 2 aromatic rings. The molecule has 0 aromatic heterocycles. The number of ether oxygens (including phenoxy) is 1. The van der Waals surface area contributed by atoms with Gasteiger partial charge >= 0.3 is 6.03 Å². The average Bonchev–Trinajstić information content (AvgIpc) is 2.59. The Balaban J connectivity index is 2.31. The molecule has 0 unspecified atom stereocenters. The molecular formula is C19H24N2O3. The number of amides is 2. The number of para-hydroxylation sites is 1. The van der Waals surface area contributed by atoms with Crippen LogP contribution in [-0.2, 0) is 13.0 Å². The van der Waals surface area contributed by atoms with Gasteiger partial charge in [-0.1, -0.05) is 42.8 Å². The molecule has 0 aliphatic rings. The molecule has 0 bridgehead atoms. The zero-order valence-corrected chi connectivity index (χ0v) is 14.6. The molecule has 0 aliphatic carbocycles. The second kappa shape index (κ2) is 7.84. The molecule has 2 amide bonds. The summed E-state index contributed by atoms with van der Waals surface area (Å²) in [4.78, 5) is 11.8. The number of carbonyl (C=O) groups is 1. The molecule has 2 rings (SSSR count). The first-order valence-electron chi connectivity index (χ1n) is 7.99. The zero-order chi connectivity index (χ0) is 17.7. The van der Waals surface area contributed by atoms with Gasteiger partial charge in [0.1, 0.15) is 12.4 Å². The minimum Gasteiger partial charge on any atom is -0.489 e. The van der Waals surface area contributed by atoms with Crippen molar-refractivity contribution < 1.29 is 14.7 Å². The van der Waals surface area contributed by atoms with Crippen LogP contribution in [0.3, 0.4) is 0 Å². The van der Waals surface area contributed by atoms with Gasteiger partial charge in [-0.05, 0) is 37.5 Å². The van der Waals surface area contributed by atoms with Gasteiger partial charge in [-0.2, -0.15) is 5.06 Å². The first kappa shape index (κ1) is 17.8. The Morgan fingerprint density at radius 3 is 2.54 bits per heavy atom. The van der Waals surface area contributed by atoms with Crippen LogP contribution in [-0.4, -0.2) is 18.3 Å². The Morgan fingerprint density at radius 1 is 1.21 bits per heavy atom. The number of urea groups is 1. The van der Waals surface area contributed by atoms with Gasteiger partial charge in [0, 0.05) is 12.6 Å². The zero-order valence-electron chi connectivity index (χ0n) is 14.6. The fourth-order valence-electron chi connectivity index (χ4n) is 2.64. The summed E-state index contributed by atoms with van der Waals surface area (Å²) in [6.45, 7) is 6.27. The Labute approximate surface area is 142 Å². The summed E-state index contributed by atoms with van der Waals surface area (Å²) in [7, 11) is 1.48. The van der Waals surface area contributed by atoms with E-state index in [0.29, 0.717) is 17.2 Å². The van der Waals surface area contributed by atoms with Gasteiger partial charge in [0.05, 0.1) is 5.69 Å². The van der Waals surface area contributed by atoms with Gasteiger partial charge in [0.25, 0.3) is 0 Å². The molecule has 128 valence electrons. The fourth-order valence-corrected chi connectivity index (χ4v) is 2.64. The maximum Gasteiger partial charge on any atom is 0.345 e. The Hall–Kier alpha value is -2.53. The predicted molar refractivity (Wildman–Crippen MR) is 94.8 cm³/mol. The molecular weight excluding hydrogens is 304 g/mol. The molecule has 5 heteroatoms.